The third kappa shape index (κ3) is 6.74. The van der Waals surface area contributed by atoms with Crippen molar-refractivity contribution in [1.82, 2.24) is 10.7 Å². The van der Waals surface area contributed by atoms with E-state index in [1.165, 1.54) is 12.3 Å². The number of phenols is 1. The second-order valence-electron chi connectivity index (χ2n) is 5.55. The molecule has 0 fully saturated rings. The summed E-state index contributed by atoms with van der Waals surface area (Å²) in [5.41, 5.74) is 3.16. The molecule has 2 aromatic carbocycles. The number of nitrogens with zero attached hydrogens (tertiary/aromatic N) is 1. The first-order valence-electron chi connectivity index (χ1n) is 8.31. The van der Waals surface area contributed by atoms with E-state index in [1.54, 1.807) is 36.4 Å². The molecule has 0 unspecified atom stereocenters. The highest BCUT2D eigenvalue weighted by Crippen LogP contribution is 2.19. The number of hydrogen-bond donors (Lipinski definition) is 3. The number of hydrazone groups is 1. The van der Waals surface area contributed by atoms with Crippen LogP contribution in [-0.4, -0.2) is 36.3 Å². The van der Waals surface area contributed by atoms with Gasteiger partial charge < -0.3 is 15.2 Å². The highest BCUT2D eigenvalue weighted by Gasteiger charge is 2.08. The monoisotopic (exact) mass is 433 g/mol. The Labute approximate surface area is 165 Å². The average molecular weight is 434 g/mol. The number of hydrogen-bond acceptors (Lipinski definition) is 5. The van der Waals surface area contributed by atoms with E-state index in [-0.39, 0.29) is 18.2 Å². The smallest absolute Gasteiger partial charge is 0.259 e. The molecule has 0 aliphatic heterocycles. The van der Waals surface area contributed by atoms with Crippen LogP contribution < -0.4 is 15.5 Å². The van der Waals surface area contributed by atoms with Gasteiger partial charge in [0.15, 0.2) is 0 Å². The maximum atomic E-state index is 12.0. The summed E-state index contributed by atoms with van der Waals surface area (Å²) in [6, 6.07) is 11.5. The lowest BCUT2D eigenvalue weighted by Gasteiger charge is -2.07. The first kappa shape index (κ1) is 20.4. The molecular weight excluding hydrogens is 414 g/mol. The molecule has 0 saturated heterocycles. The maximum absolute atomic E-state index is 12.0. The van der Waals surface area contributed by atoms with E-state index >= 15 is 0 Å². The molecule has 7 nitrogen and oxygen atoms in total. The van der Waals surface area contributed by atoms with Crippen LogP contribution in [0.3, 0.4) is 0 Å². The molecule has 2 amide bonds. The van der Waals surface area contributed by atoms with E-state index in [1.807, 2.05) is 6.92 Å². The molecule has 0 atom stereocenters. The van der Waals surface area contributed by atoms with Crippen molar-refractivity contribution >= 4 is 34.0 Å². The first-order valence-corrected chi connectivity index (χ1v) is 9.10. The van der Waals surface area contributed by atoms with E-state index in [0.29, 0.717) is 23.5 Å². The SMILES string of the molecule is CCCOc1ccc(C(=O)NCC(=O)NN=Cc2cc(Br)ccc2O)cc1. The summed E-state index contributed by atoms with van der Waals surface area (Å²) in [7, 11) is 0. The molecule has 0 radical (unpaired) electrons. The Morgan fingerprint density at radius 3 is 2.67 bits per heavy atom. The van der Waals surface area contributed by atoms with Crippen LogP contribution >= 0.6 is 15.9 Å². The van der Waals surface area contributed by atoms with Gasteiger partial charge in [-0.25, -0.2) is 5.43 Å². The van der Waals surface area contributed by atoms with Crippen molar-refractivity contribution in [2.45, 2.75) is 13.3 Å². The number of carbonyl (C=O) groups is 2. The number of rotatable bonds is 8. The second kappa shape index (κ2) is 10.3. The van der Waals surface area contributed by atoms with E-state index in [4.69, 9.17) is 4.74 Å². The van der Waals surface area contributed by atoms with Crippen molar-refractivity contribution in [2.24, 2.45) is 5.10 Å². The van der Waals surface area contributed by atoms with E-state index in [9.17, 15) is 14.7 Å². The molecule has 0 aliphatic rings. The molecule has 2 aromatic rings. The number of aromatic hydroxyl groups is 1. The third-order valence-corrected chi connectivity index (χ3v) is 3.87. The summed E-state index contributed by atoms with van der Waals surface area (Å²) >= 11 is 3.28. The molecule has 27 heavy (non-hydrogen) atoms. The zero-order chi connectivity index (χ0) is 19.6. The Hall–Kier alpha value is -2.87. The van der Waals surface area contributed by atoms with Gasteiger partial charge in [-0.3, -0.25) is 9.59 Å². The normalized spacial score (nSPS) is 10.6. The fourth-order valence-electron chi connectivity index (χ4n) is 2.03. The molecule has 8 heteroatoms. The van der Waals surface area contributed by atoms with Gasteiger partial charge in [-0.05, 0) is 48.9 Å². The molecule has 0 spiro atoms. The zero-order valence-electron chi connectivity index (χ0n) is 14.7. The van der Waals surface area contributed by atoms with Crippen LogP contribution in [0, 0.1) is 0 Å². The van der Waals surface area contributed by atoms with Gasteiger partial charge in [0.25, 0.3) is 11.8 Å². The van der Waals surface area contributed by atoms with Crippen molar-refractivity contribution in [3.8, 4) is 11.5 Å². The van der Waals surface area contributed by atoms with Gasteiger partial charge in [-0.15, -0.1) is 0 Å². The minimum Gasteiger partial charge on any atom is -0.507 e. The molecule has 142 valence electrons. The van der Waals surface area contributed by atoms with Crippen molar-refractivity contribution in [2.75, 3.05) is 13.2 Å². The quantitative estimate of drug-likeness (QED) is 0.440. The summed E-state index contributed by atoms with van der Waals surface area (Å²) < 4.78 is 6.22. The number of benzene rings is 2. The van der Waals surface area contributed by atoms with Gasteiger partial charge in [0.1, 0.15) is 11.5 Å². The average Bonchev–Trinajstić information content (AvgIpc) is 2.67. The summed E-state index contributed by atoms with van der Waals surface area (Å²) in [6.45, 7) is 2.40. The summed E-state index contributed by atoms with van der Waals surface area (Å²) in [5, 5.41) is 15.9. The largest absolute Gasteiger partial charge is 0.507 e. The second-order valence-corrected chi connectivity index (χ2v) is 6.47. The zero-order valence-corrected chi connectivity index (χ0v) is 16.3. The highest BCUT2D eigenvalue weighted by atomic mass is 79.9. The lowest BCUT2D eigenvalue weighted by molar-refractivity contribution is -0.120. The van der Waals surface area contributed by atoms with Gasteiger partial charge >= 0.3 is 0 Å². The van der Waals surface area contributed by atoms with Gasteiger partial charge in [0.2, 0.25) is 0 Å². The molecule has 0 heterocycles. The summed E-state index contributed by atoms with van der Waals surface area (Å²) in [5.74, 6) is -0.134. The molecule has 3 N–H and O–H groups in total. The number of carbonyl (C=O) groups excluding carboxylic acids is 2. The number of nitrogens with one attached hydrogen (secondary N) is 2. The Kier molecular flexibility index (Phi) is 7.81. The maximum Gasteiger partial charge on any atom is 0.259 e. The van der Waals surface area contributed by atoms with Crippen LogP contribution in [-0.2, 0) is 4.79 Å². The number of ether oxygens (including phenoxy) is 1. The number of amides is 2. The predicted octanol–water partition coefficient (Wildman–Crippen LogP) is 2.82. The fraction of sp³-hybridized carbons (Fsp3) is 0.211. The predicted molar refractivity (Wildman–Crippen MR) is 106 cm³/mol. The van der Waals surface area contributed by atoms with Gasteiger partial charge in [0, 0.05) is 15.6 Å². The van der Waals surface area contributed by atoms with Crippen LogP contribution in [0.4, 0.5) is 0 Å². The Morgan fingerprint density at radius 2 is 1.96 bits per heavy atom. The standard InChI is InChI=1S/C19H20BrN3O4/c1-2-9-27-16-6-3-13(4-7-16)19(26)21-12-18(25)23-22-11-14-10-15(20)5-8-17(14)24/h3-8,10-11,24H,2,9,12H2,1H3,(H,21,26)(H,23,25). The molecule has 0 aromatic heterocycles. The minimum atomic E-state index is -0.489. The van der Waals surface area contributed by atoms with E-state index in [2.05, 4.69) is 31.8 Å². The van der Waals surface area contributed by atoms with Gasteiger partial charge in [-0.2, -0.15) is 5.10 Å². The molecular formula is C19H20BrN3O4. The van der Waals surface area contributed by atoms with Crippen molar-refractivity contribution < 1.29 is 19.4 Å². The molecule has 0 aliphatic carbocycles. The molecule has 2 rings (SSSR count). The van der Waals surface area contributed by atoms with Crippen molar-refractivity contribution in [3.05, 3.63) is 58.1 Å². The van der Waals surface area contributed by atoms with Crippen LogP contribution in [0.5, 0.6) is 11.5 Å². The van der Waals surface area contributed by atoms with Gasteiger partial charge in [0.05, 0.1) is 19.4 Å². The Balaban J connectivity index is 1.80. The Morgan fingerprint density at radius 1 is 1.22 bits per heavy atom. The van der Waals surface area contributed by atoms with Crippen LogP contribution in [0.15, 0.2) is 52.0 Å². The van der Waals surface area contributed by atoms with E-state index < -0.39 is 5.91 Å². The fourth-order valence-corrected chi connectivity index (χ4v) is 2.41. The lowest BCUT2D eigenvalue weighted by Crippen LogP contribution is -2.34. The minimum absolute atomic E-state index is 0.0378. The first-order chi connectivity index (χ1) is 13.0. The van der Waals surface area contributed by atoms with Gasteiger partial charge in [-0.1, -0.05) is 22.9 Å². The van der Waals surface area contributed by atoms with E-state index in [0.717, 1.165) is 10.9 Å². The van der Waals surface area contributed by atoms with Crippen molar-refractivity contribution in [3.63, 3.8) is 0 Å². The number of halogens is 1. The lowest BCUT2D eigenvalue weighted by atomic mass is 10.2. The van der Waals surface area contributed by atoms with Crippen LogP contribution in [0.1, 0.15) is 29.3 Å². The van der Waals surface area contributed by atoms with Crippen molar-refractivity contribution in [1.29, 1.82) is 0 Å². The molecule has 0 saturated carbocycles. The number of phenolic OH excluding ortho intramolecular Hbond substituents is 1. The topological polar surface area (TPSA) is 100 Å². The van der Waals surface area contributed by atoms with Crippen LogP contribution in [0.2, 0.25) is 0 Å². The van der Waals surface area contributed by atoms with Crippen LogP contribution in [0.25, 0.3) is 0 Å². The third-order valence-electron chi connectivity index (χ3n) is 3.38. The molecule has 0 bridgehead atoms. The highest BCUT2D eigenvalue weighted by molar-refractivity contribution is 9.10. The summed E-state index contributed by atoms with van der Waals surface area (Å²) in [6.07, 6.45) is 2.22. The summed E-state index contributed by atoms with van der Waals surface area (Å²) in [4.78, 5) is 23.8. The Bertz CT molecular complexity index is 822.